The Morgan fingerprint density at radius 1 is 1.00 bits per heavy atom. The van der Waals surface area contributed by atoms with Crippen molar-refractivity contribution < 1.29 is 9.53 Å². The highest BCUT2D eigenvalue weighted by molar-refractivity contribution is 5.94. The lowest BCUT2D eigenvalue weighted by Gasteiger charge is -2.17. The van der Waals surface area contributed by atoms with E-state index >= 15 is 0 Å². The molecule has 0 spiro atoms. The highest BCUT2D eigenvalue weighted by Crippen LogP contribution is 2.22. The number of hydrogen-bond donors (Lipinski definition) is 1. The second-order valence-electron chi connectivity index (χ2n) is 7.79. The number of ether oxygens (including phenoxy) is 1. The van der Waals surface area contributed by atoms with Crippen molar-refractivity contribution in [1.29, 1.82) is 0 Å². The SMILES string of the molecule is Cc1ccc(C(=O)NC(C)c2nc3ccccc3n2CCOc2ccccc2C)cc1. The molecule has 0 bridgehead atoms. The normalized spacial score (nSPS) is 12.0. The number of nitrogens with zero attached hydrogens (tertiary/aromatic N) is 2. The van der Waals surface area contributed by atoms with Gasteiger partial charge in [0.2, 0.25) is 0 Å². The molecule has 1 atom stereocenters. The van der Waals surface area contributed by atoms with E-state index in [1.54, 1.807) is 0 Å². The Bertz CT molecular complexity index is 1190. The van der Waals surface area contributed by atoms with Crippen molar-refractivity contribution in [2.24, 2.45) is 0 Å². The maximum Gasteiger partial charge on any atom is 0.251 e. The summed E-state index contributed by atoms with van der Waals surface area (Å²) in [5, 5.41) is 3.09. The van der Waals surface area contributed by atoms with Gasteiger partial charge in [-0.3, -0.25) is 4.79 Å². The van der Waals surface area contributed by atoms with Crippen LogP contribution in [0.1, 0.15) is 40.3 Å². The summed E-state index contributed by atoms with van der Waals surface area (Å²) in [6.07, 6.45) is 0. The Morgan fingerprint density at radius 2 is 1.71 bits per heavy atom. The van der Waals surface area contributed by atoms with Crippen molar-refractivity contribution in [1.82, 2.24) is 14.9 Å². The van der Waals surface area contributed by atoms with E-state index in [1.165, 1.54) is 0 Å². The molecule has 1 aromatic heterocycles. The van der Waals surface area contributed by atoms with Gasteiger partial charge in [-0.2, -0.15) is 0 Å². The average molecular weight is 414 g/mol. The Balaban J connectivity index is 1.54. The molecule has 0 fully saturated rings. The number of aryl methyl sites for hydroxylation is 2. The number of carbonyl (C=O) groups is 1. The van der Waals surface area contributed by atoms with E-state index < -0.39 is 0 Å². The molecule has 1 N–H and O–H groups in total. The quantitative estimate of drug-likeness (QED) is 0.452. The first-order valence-electron chi connectivity index (χ1n) is 10.5. The highest BCUT2D eigenvalue weighted by Gasteiger charge is 2.19. The van der Waals surface area contributed by atoms with E-state index in [0.717, 1.165) is 33.7 Å². The van der Waals surface area contributed by atoms with E-state index in [1.807, 2.05) is 93.6 Å². The van der Waals surface area contributed by atoms with Gasteiger partial charge in [0.05, 0.1) is 23.6 Å². The Labute approximate surface area is 182 Å². The van der Waals surface area contributed by atoms with Crippen LogP contribution in [0, 0.1) is 13.8 Å². The van der Waals surface area contributed by atoms with Gasteiger partial charge in [0.15, 0.2) is 0 Å². The average Bonchev–Trinajstić information content (AvgIpc) is 3.14. The molecule has 0 radical (unpaired) electrons. The maximum absolute atomic E-state index is 12.7. The fraction of sp³-hybridized carbons (Fsp3) is 0.231. The van der Waals surface area contributed by atoms with Crippen LogP contribution in [0.15, 0.2) is 72.8 Å². The fourth-order valence-electron chi connectivity index (χ4n) is 3.67. The molecule has 1 amide bonds. The summed E-state index contributed by atoms with van der Waals surface area (Å²) in [6, 6.07) is 23.3. The third-order valence-corrected chi connectivity index (χ3v) is 5.40. The van der Waals surface area contributed by atoms with Crippen LogP contribution in [0.25, 0.3) is 11.0 Å². The Kier molecular flexibility index (Phi) is 6.03. The number of amides is 1. The lowest BCUT2D eigenvalue weighted by Crippen LogP contribution is -2.29. The van der Waals surface area contributed by atoms with Gasteiger partial charge < -0.3 is 14.6 Å². The molecule has 5 heteroatoms. The van der Waals surface area contributed by atoms with Gasteiger partial charge in [0, 0.05) is 5.56 Å². The van der Waals surface area contributed by atoms with Crippen LogP contribution < -0.4 is 10.1 Å². The van der Waals surface area contributed by atoms with Crippen LogP contribution in [0.3, 0.4) is 0 Å². The Hall–Kier alpha value is -3.60. The largest absolute Gasteiger partial charge is 0.491 e. The summed E-state index contributed by atoms with van der Waals surface area (Å²) in [5.41, 5.74) is 4.81. The number of hydrogen-bond acceptors (Lipinski definition) is 3. The third-order valence-electron chi connectivity index (χ3n) is 5.40. The molecule has 0 saturated heterocycles. The smallest absolute Gasteiger partial charge is 0.251 e. The van der Waals surface area contributed by atoms with Crippen molar-refractivity contribution in [2.45, 2.75) is 33.4 Å². The molecule has 5 nitrogen and oxygen atoms in total. The molecule has 3 aromatic carbocycles. The topological polar surface area (TPSA) is 56.2 Å². The van der Waals surface area contributed by atoms with Crippen LogP contribution in [-0.4, -0.2) is 22.1 Å². The van der Waals surface area contributed by atoms with E-state index in [-0.39, 0.29) is 11.9 Å². The van der Waals surface area contributed by atoms with Gasteiger partial charge in [-0.15, -0.1) is 0 Å². The molecule has 1 heterocycles. The van der Waals surface area contributed by atoms with Crippen LogP contribution >= 0.6 is 0 Å². The van der Waals surface area contributed by atoms with Crippen LogP contribution in [-0.2, 0) is 6.54 Å². The zero-order valence-corrected chi connectivity index (χ0v) is 18.1. The van der Waals surface area contributed by atoms with Crippen molar-refractivity contribution >= 4 is 16.9 Å². The second-order valence-corrected chi connectivity index (χ2v) is 7.79. The molecule has 4 aromatic rings. The summed E-state index contributed by atoms with van der Waals surface area (Å²) in [7, 11) is 0. The molecular weight excluding hydrogens is 386 g/mol. The first-order chi connectivity index (χ1) is 15.0. The maximum atomic E-state index is 12.7. The van der Waals surface area contributed by atoms with Crippen molar-refractivity contribution in [2.75, 3.05) is 6.61 Å². The summed E-state index contributed by atoms with van der Waals surface area (Å²) < 4.78 is 8.15. The van der Waals surface area contributed by atoms with E-state index in [0.29, 0.717) is 18.7 Å². The van der Waals surface area contributed by atoms with Gasteiger partial charge >= 0.3 is 0 Å². The number of para-hydroxylation sites is 3. The highest BCUT2D eigenvalue weighted by atomic mass is 16.5. The predicted octanol–water partition coefficient (Wildman–Crippen LogP) is 5.22. The standard InChI is InChI=1S/C26H27N3O2/c1-18-12-14-21(15-13-18)26(30)27-20(3)25-28-22-9-5-6-10-23(22)29(25)16-17-31-24-11-7-4-8-19(24)2/h4-15,20H,16-17H2,1-3H3,(H,27,30). The van der Waals surface area contributed by atoms with Gasteiger partial charge in [-0.25, -0.2) is 4.98 Å². The molecule has 0 aliphatic carbocycles. The minimum atomic E-state index is -0.250. The monoisotopic (exact) mass is 413 g/mol. The summed E-state index contributed by atoms with van der Waals surface area (Å²) >= 11 is 0. The molecule has 158 valence electrons. The van der Waals surface area contributed by atoms with Crippen LogP contribution in [0.4, 0.5) is 0 Å². The summed E-state index contributed by atoms with van der Waals surface area (Å²) in [5.74, 6) is 1.59. The number of rotatable bonds is 7. The van der Waals surface area contributed by atoms with E-state index in [9.17, 15) is 4.79 Å². The number of benzene rings is 3. The lowest BCUT2D eigenvalue weighted by atomic mass is 10.1. The van der Waals surface area contributed by atoms with Gasteiger partial charge in [-0.1, -0.05) is 48.0 Å². The molecule has 1 unspecified atom stereocenters. The zero-order chi connectivity index (χ0) is 21.8. The van der Waals surface area contributed by atoms with Gasteiger partial charge in [-0.05, 0) is 56.7 Å². The van der Waals surface area contributed by atoms with Crippen molar-refractivity contribution in [3.05, 3.63) is 95.3 Å². The first-order valence-corrected chi connectivity index (χ1v) is 10.5. The summed E-state index contributed by atoms with van der Waals surface area (Å²) in [6.45, 7) is 7.15. The summed E-state index contributed by atoms with van der Waals surface area (Å²) in [4.78, 5) is 17.5. The minimum Gasteiger partial charge on any atom is -0.491 e. The number of nitrogens with one attached hydrogen (secondary N) is 1. The molecule has 31 heavy (non-hydrogen) atoms. The van der Waals surface area contributed by atoms with Gasteiger partial charge in [0.1, 0.15) is 18.2 Å². The number of imidazole rings is 1. The second kappa shape index (κ2) is 9.04. The van der Waals surface area contributed by atoms with Crippen LogP contribution in [0.5, 0.6) is 5.75 Å². The third kappa shape index (κ3) is 4.61. The van der Waals surface area contributed by atoms with E-state index in [2.05, 4.69) is 9.88 Å². The Morgan fingerprint density at radius 3 is 2.48 bits per heavy atom. The predicted molar refractivity (Wildman–Crippen MR) is 123 cm³/mol. The van der Waals surface area contributed by atoms with Crippen molar-refractivity contribution in [3.63, 3.8) is 0 Å². The molecule has 0 saturated carbocycles. The van der Waals surface area contributed by atoms with Gasteiger partial charge in [0.25, 0.3) is 5.91 Å². The lowest BCUT2D eigenvalue weighted by molar-refractivity contribution is 0.0937. The number of fused-ring (bicyclic) bond motifs is 1. The van der Waals surface area contributed by atoms with Crippen LogP contribution in [0.2, 0.25) is 0 Å². The van der Waals surface area contributed by atoms with E-state index in [4.69, 9.17) is 9.72 Å². The first kappa shape index (κ1) is 20.7. The minimum absolute atomic E-state index is 0.109. The van der Waals surface area contributed by atoms with Crippen molar-refractivity contribution in [3.8, 4) is 5.75 Å². The molecule has 4 rings (SSSR count). The fourth-order valence-corrected chi connectivity index (χ4v) is 3.67. The zero-order valence-electron chi connectivity index (χ0n) is 18.1. The molecule has 0 aliphatic rings. The number of carbonyl (C=O) groups excluding carboxylic acids is 1. The molecule has 0 aliphatic heterocycles. The number of aromatic nitrogens is 2. The molecular formula is C26H27N3O2.